The predicted octanol–water partition coefficient (Wildman–Crippen LogP) is 1.42. The molecule has 3 aromatic rings. The smallest absolute Gasteiger partial charge is 0.280 e. The van der Waals surface area contributed by atoms with E-state index in [4.69, 9.17) is 0 Å². The highest BCUT2D eigenvalue weighted by atomic mass is 16.3. The lowest BCUT2D eigenvalue weighted by Crippen LogP contribution is -2.30. The van der Waals surface area contributed by atoms with Crippen LogP contribution >= 0.6 is 0 Å². The van der Waals surface area contributed by atoms with Crippen molar-refractivity contribution in [1.82, 2.24) is 15.0 Å². The lowest BCUT2D eigenvalue weighted by Gasteiger charge is -2.10. The maximum atomic E-state index is 12.6. The Balaban J connectivity index is 1.72. The molecule has 0 aliphatic carbocycles. The molecule has 0 radical (unpaired) electrons. The molecular formula is C18H14N4O3. The van der Waals surface area contributed by atoms with Crippen LogP contribution < -0.4 is 11.0 Å². The molecule has 0 fully saturated rings. The van der Waals surface area contributed by atoms with Gasteiger partial charge in [-0.05, 0) is 24.1 Å². The van der Waals surface area contributed by atoms with Crippen molar-refractivity contribution in [2.24, 2.45) is 5.10 Å². The van der Waals surface area contributed by atoms with E-state index in [2.05, 4.69) is 15.5 Å². The number of hydrazone groups is 1. The van der Waals surface area contributed by atoms with E-state index in [1.54, 1.807) is 36.7 Å². The molecule has 0 saturated heterocycles. The SMILES string of the molecule is O=C(NN=Cc1cccnc1)c1c(O)c2cccc3c2n(c1=O)CC3. The molecule has 7 nitrogen and oxygen atoms in total. The summed E-state index contributed by atoms with van der Waals surface area (Å²) in [5.41, 5.74) is 3.87. The van der Waals surface area contributed by atoms with Crippen LogP contribution in [-0.4, -0.2) is 26.8 Å². The molecule has 1 aliphatic heterocycles. The lowest BCUT2D eigenvalue weighted by atomic mass is 10.1. The van der Waals surface area contributed by atoms with E-state index in [1.807, 2.05) is 6.07 Å². The summed E-state index contributed by atoms with van der Waals surface area (Å²) in [6.45, 7) is 0.494. The zero-order valence-corrected chi connectivity index (χ0v) is 13.1. The van der Waals surface area contributed by atoms with Crippen molar-refractivity contribution in [3.05, 3.63) is 69.8 Å². The number of aromatic nitrogens is 2. The number of nitrogens with zero attached hydrogens (tertiary/aromatic N) is 3. The minimum atomic E-state index is -0.745. The van der Waals surface area contributed by atoms with Gasteiger partial charge in [-0.25, -0.2) is 5.43 Å². The van der Waals surface area contributed by atoms with Gasteiger partial charge in [0.05, 0.1) is 11.7 Å². The number of hydrogen-bond donors (Lipinski definition) is 2. The van der Waals surface area contributed by atoms with Gasteiger partial charge >= 0.3 is 0 Å². The van der Waals surface area contributed by atoms with Crippen LogP contribution in [0.3, 0.4) is 0 Å². The Bertz CT molecular complexity index is 1070. The molecule has 0 saturated carbocycles. The summed E-state index contributed by atoms with van der Waals surface area (Å²) in [7, 11) is 0. The number of carbonyl (C=O) groups is 1. The maximum absolute atomic E-state index is 12.6. The topological polar surface area (TPSA) is 96.6 Å². The first-order chi connectivity index (χ1) is 12.2. The van der Waals surface area contributed by atoms with Crippen LogP contribution in [0.4, 0.5) is 0 Å². The van der Waals surface area contributed by atoms with Crippen LogP contribution in [0.1, 0.15) is 21.5 Å². The molecule has 0 atom stereocenters. The van der Waals surface area contributed by atoms with Gasteiger partial charge in [0.1, 0.15) is 11.3 Å². The largest absolute Gasteiger partial charge is 0.506 e. The van der Waals surface area contributed by atoms with Crippen LogP contribution in [0.25, 0.3) is 10.9 Å². The van der Waals surface area contributed by atoms with Crippen LogP contribution in [0.2, 0.25) is 0 Å². The molecule has 25 heavy (non-hydrogen) atoms. The number of aryl methyl sites for hydroxylation is 2. The van der Waals surface area contributed by atoms with Crippen LogP contribution in [0.15, 0.2) is 52.6 Å². The van der Waals surface area contributed by atoms with Crippen molar-refractivity contribution in [3.8, 4) is 5.75 Å². The first-order valence-electron chi connectivity index (χ1n) is 7.77. The highest BCUT2D eigenvalue weighted by Crippen LogP contribution is 2.31. The van der Waals surface area contributed by atoms with Crippen LogP contribution in [0.5, 0.6) is 5.75 Å². The number of amides is 1. The minimum absolute atomic E-state index is 0.296. The zero-order chi connectivity index (χ0) is 17.4. The fourth-order valence-corrected chi connectivity index (χ4v) is 3.10. The van der Waals surface area contributed by atoms with E-state index in [0.29, 0.717) is 29.4 Å². The molecule has 1 aliphatic rings. The molecule has 0 bridgehead atoms. The van der Waals surface area contributed by atoms with E-state index < -0.39 is 11.5 Å². The van der Waals surface area contributed by atoms with Gasteiger partial charge < -0.3 is 9.67 Å². The second-order valence-electron chi connectivity index (χ2n) is 5.73. The number of hydrogen-bond acceptors (Lipinski definition) is 5. The number of rotatable bonds is 3. The van der Waals surface area contributed by atoms with E-state index >= 15 is 0 Å². The third-order valence-electron chi connectivity index (χ3n) is 4.24. The normalized spacial score (nSPS) is 12.8. The monoisotopic (exact) mass is 334 g/mol. The number of benzene rings is 1. The van der Waals surface area contributed by atoms with Gasteiger partial charge in [-0.1, -0.05) is 18.2 Å². The summed E-state index contributed by atoms with van der Waals surface area (Å²) in [6, 6.07) is 8.94. The molecule has 3 heterocycles. The van der Waals surface area contributed by atoms with E-state index in [1.165, 1.54) is 10.8 Å². The fourth-order valence-electron chi connectivity index (χ4n) is 3.10. The average Bonchev–Trinajstić information content (AvgIpc) is 3.06. The first-order valence-corrected chi connectivity index (χ1v) is 7.77. The summed E-state index contributed by atoms with van der Waals surface area (Å²) >= 11 is 0. The van der Waals surface area contributed by atoms with E-state index in [9.17, 15) is 14.7 Å². The molecule has 2 N–H and O–H groups in total. The van der Waals surface area contributed by atoms with Gasteiger partial charge in [-0.2, -0.15) is 5.10 Å². The van der Waals surface area contributed by atoms with Crippen molar-refractivity contribution < 1.29 is 9.90 Å². The van der Waals surface area contributed by atoms with Gasteiger partial charge in [0.15, 0.2) is 0 Å². The minimum Gasteiger partial charge on any atom is -0.506 e. The third-order valence-corrected chi connectivity index (χ3v) is 4.24. The number of aromatic hydroxyl groups is 1. The van der Waals surface area contributed by atoms with Crippen molar-refractivity contribution in [3.63, 3.8) is 0 Å². The average molecular weight is 334 g/mol. The fraction of sp³-hybridized carbons (Fsp3) is 0.111. The lowest BCUT2D eigenvalue weighted by molar-refractivity contribution is 0.0950. The molecule has 2 aromatic heterocycles. The summed E-state index contributed by atoms with van der Waals surface area (Å²) in [5.74, 6) is -1.06. The Morgan fingerprint density at radius 2 is 2.20 bits per heavy atom. The van der Waals surface area contributed by atoms with E-state index in [0.717, 1.165) is 5.56 Å². The van der Waals surface area contributed by atoms with Crippen LogP contribution in [0, 0.1) is 0 Å². The van der Waals surface area contributed by atoms with Gasteiger partial charge in [-0.15, -0.1) is 0 Å². The van der Waals surface area contributed by atoms with Crippen molar-refractivity contribution in [2.75, 3.05) is 0 Å². The second-order valence-corrected chi connectivity index (χ2v) is 5.73. The Labute approximate surface area is 142 Å². The molecule has 7 heteroatoms. The van der Waals surface area contributed by atoms with Gasteiger partial charge in [-0.3, -0.25) is 14.6 Å². The number of pyridine rings is 2. The zero-order valence-electron chi connectivity index (χ0n) is 13.1. The molecule has 0 spiro atoms. The molecular weight excluding hydrogens is 320 g/mol. The van der Waals surface area contributed by atoms with E-state index in [-0.39, 0.29) is 11.3 Å². The molecule has 4 rings (SSSR count). The number of carbonyl (C=O) groups excluding carboxylic acids is 1. The molecule has 124 valence electrons. The maximum Gasteiger partial charge on any atom is 0.280 e. The van der Waals surface area contributed by atoms with Crippen molar-refractivity contribution in [1.29, 1.82) is 0 Å². The summed E-state index contributed by atoms with van der Waals surface area (Å²) in [5, 5.41) is 14.8. The summed E-state index contributed by atoms with van der Waals surface area (Å²) in [6.07, 6.45) is 5.33. The van der Waals surface area contributed by atoms with Gasteiger partial charge in [0.25, 0.3) is 11.5 Å². The predicted molar refractivity (Wildman–Crippen MR) is 92.9 cm³/mol. The Hall–Kier alpha value is -3.48. The van der Waals surface area contributed by atoms with Crippen molar-refractivity contribution >= 4 is 23.0 Å². The number of para-hydroxylation sites is 1. The summed E-state index contributed by atoms with van der Waals surface area (Å²) < 4.78 is 1.53. The molecule has 0 unspecified atom stereocenters. The third kappa shape index (κ3) is 2.46. The Kier molecular flexibility index (Phi) is 3.53. The standard InChI is InChI=1S/C18H14N4O3/c23-16-13-5-1-4-12-6-8-22(15(12)13)18(25)14(16)17(24)21-20-10-11-3-2-7-19-9-11/h1-5,7,9-10,23H,6,8H2,(H,21,24). The highest BCUT2D eigenvalue weighted by Gasteiger charge is 2.25. The second kappa shape index (κ2) is 5.86. The highest BCUT2D eigenvalue weighted by molar-refractivity contribution is 6.03. The quantitative estimate of drug-likeness (QED) is 0.559. The Morgan fingerprint density at radius 1 is 1.32 bits per heavy atom. The van der Waals surface area contributed by atoms with Gasteiger partial charge in [0.2, 0.25) is 0 Å². The first kappa shape index (κ1) is 15.1. The number of nitrogens with one attached hydrogen (secondary N) is 1. The van der Waals surface area contributed by atoms with Gasteiger partial charge in [0, 0.05) is 29.9 Å². The Morgan fingerprint density at radius 3 is 3.00 bits per heavy atom. The van der Waals surface area contributed by atoms with Crippen molar-refractivity contribution in [2.45, 2.75) is 13.0 Å². The summed E-state index contributed by atoms with van der Waals surface area (Å²) in [4.78, 5) is 28.9. The molecule has 1 aromatic carbocycles. The molecule has 1 amide bonds. The van der Waals surface area contributed by atoms with Crippen LogP contribution in [-0.2, 0) is 13.0 Å².